The Labute approximate surface area is 200 Å². The molecule has 0 aromatic heterocycles. The lowest BCUT2D eigenvalue weighted by Gasteiger charge is -2.26. The molecule has 9 N–H and O–H groups in total. The van der Waals surface area contributed by atoms with Crippen LogP contribution >= 0.6 is 0 Å². The molecule has 1 fully saturated rings. The summed E-state index contributed by atoms with van der Waals surface area (Å²) < 4.78 is 0. The Morgan fingerprint density at radius 1 is 1.03 bits per heavy atom. The predicted molar refractivity (Wildman–Crippen MR) is 125 cm³/mol. The Bertz CT molecular complexity index is 712. The smallest absolute Gasteiger partial charge is 0.326 e. The van der Waals surface area contributed by atoms with Gasteiger partial charge >= 0.3 is 5.97 Å². The van der Waals surface area contributed by atoms with E-state index in [9.17, 15) is 29.1 Å². The van der Waals surface area contributed by atoms with Crippen LogP contribution in [0.25, 0.3) is 0 Å². The van der Waals surface area contributed by atoms with Crippen molar-refractivity contribution in [3.8, 4) is 0 Å². The van der Waals surface area contributed by atoms with E-state index in [1.54, 1.807) is 13.8 Å². The van der Waals surface area contributed by atoms with Crippen molar-refractivity contribution in [2.75, 3.05) is 13.1 Å². The number of hydrogen-bond acceptors (Lipinski definition) is 7. The number of nitrogens with one attached hydrogen (secondary N) is 4. The van der Waals surface area contributed by atoms with E-state index >= 15 is 0 Å². The topological polar surface area (TPSA) is 206 Å². The van der Waals surface area contributed by atoms with Crippen molar-refractivity contribution in [1.29, 1.82) is 0 Å². The molecule has 12 heteroatoms. The minimum absolute atomic E-state index is 0.104. The number of carbonyl (C=O) groups excluding carboxylic acids is 4. The van der Waals surface area contributed by atoms with E-state index < -0.39 is 41.8 Å². The highest BCUT2D eigenvalue weighted by atomic mass is 16.4. The highest BCUT2D eigenvalue weighted by Crippen LogP contribution is 2.11. The van der Waals surface area contributed by atoms with Crippen molar-refractivity contribution in [2.24, 2.45) is 17.4 Å². The van der Waals surface area contributed by atoms with Crippen molar-refractivity contribution >= 4 is 29.6 Å². The van der Waals surface area contributed by atoms with E-state index in [2.05, 4.69) is 21.3 Å². The van der Waals surface area contributed by atoms with Crippen LogP contribution < -0.4 is 32.7 Å². The van der Waals surface area contributed by atoms with Crippen LogP contribution in [0.5, 0.6) is 0 Å². The maximum absolute atomic E-state index is 13.1. The maximum Gasteiger partial charge on any atom is 0.326 e. The summed E-state index contributed by atoms with van der Waals surface area (Å²) in [6.07, 6.45) is 3.30. The van der Waals surface area contributed by atoms with Gasteiger partial charge in [0.25, 0.3) is 0 Å². The number of carboxylic acid groups (broad SMARTS) is 1. The van der Waals surface area contributed by atoms with Crippen LogP contribution in [-0.4, -0.2) is 72.0 Å². The van der Waals surface area contributed by atoms with Crippen molar-refractivity contribution in [1.82, 2.24) is 21.3 Å². The number of nitrogens with two attached hydrogens (primary N) is 2. The van der Waals surface area contributed by atoms with Gasteiger partial charge in [0.05, 0.1) is 6.04 Å². The molecule has 0 radical (unpaired) electrons. The molecule has 0 aliphatic carbocycles. The molecule has 1 rings (SSSR count). The van der Waals surface area contributed by atoms with Crippen molar-refractivity contribution in [3.63, 3.8) is 0 Å². The molecule has 0 aromatic rings. The van der Waals surface area contributed by atoms with E-state index in [0.717, 1.165) is 13.0 Å². The lowest BCUT2D eigenvalue weighted by Crippen LogP contribution is -2.57. The highest BCUT2D eigenvalue weighted by Gasteiger charge is 2.32. The number of carbonyl (C=O) groups is 5. The van der Waals surface area contributed by atoms with Crippen LogP contribution in [0.2, 0.25) is 0 Å². The number of carboxylic acids is 1. The van der Waals surface area contributed by atoms with Crippen LogP contribution in [0.4, 0.5) is 0 Å². The van der Waals surface area contributed by atoms with E-state index in [1.807, 2.05) is 0 Å². The quantitative estimate of drug-likeness (QED) is 0.131. The summed E-state index contributed by atoms with van der Waals surface area (Å²) in [5.41, 5.74) is 10.8. The monoisotopic (exact) mass is 484 g/mol. The first-order valence-electron chi connectivity index (χ1n) is 12.0. The molecule has 1 aliphatic heterocycles. The van der Waals surface area contributed by atoms with Gasteiger partial charge in [-0.25, -0.2) is 4.79 Å². The lowest BCUT2D eigenvalue weighted by molar-refractivity contribution is -0.144. The van der Waals surface area contributed by atoms with Gasteiger partial charge in [-0.1, -0.05) is 20.3 Å². The maximum atomic E-state index is 13.1. The third-order valence-corrected chi connectivity index (χ3v) is 6.05. The summed E-state index contributed by atoms with van der Waals surface area (Å²) in [5, 5.41) is 20.3. The molecule has 1 aliphatic rings. The fourth-order valence-electron chi connectivity index (χ4n) is 3.71. The summed E-state index contributed by atoms with van der Waals surface area (Å²) in [7, 11) is 0. The summed E-state index contributed by atoms with van der Waals surface area (Å²) in [6, 6.07) is -3.64. The van der Waals surface area contributed by atoms with Gasteiger partial charge in [0.2, 0.25) is 23.6 Å². The number of amides is 4. The Morgan fingerprint density at radius 2 is 1.68 bits per heavy atom. The molecule has 4 amide bonds. The van der Waals surface area contributed by atoms with Gasteiger partial charge < -0.3 is 37.8 Å². The Balaban J connectivity index is 2.96. The molecule has 12 nitrogen and oxygen atoms in total. The zero-order valence-corrected chi connectivity index (χ0v) is 20.1. The summed E-state index contributed by atoms with van der Waals surface area (Å²) in [6.45, 7) is 4.64. The Morgan fingerprint density at radius 3 is 2.21 bits per heavy atom. The minimum atomic E-state index is -1.20. The molecule has 1 saturated heterocycles. The Kier molecular flexibility index (Phi) is 13.1. The lowest BCUT2D eigenvalue weighted by atomic mass is 9.98. The molecule has 1 heterocycles. The van der Waals surface area contributed by atoms with Gasteiger partial charge in [-0.3, -0.25) is 19.2 Å². The Hall–Kier alpha value is -2.73. The van der Waals surface area contributed by atoms with Crippen molar-refractivity contribution < 1.29 is 29.1 Å². The zero-order valence-electron chi connectivity index (χ0n) is 20.1. The van der Waals surface area contributed by atoms with Crippen LogP contribution in [-0.2, 0) is 24.0 Å². The van der Waals surface area contributed by atoms with Gasteiger partial charge in [-0.2, -0.15) is 0 Å². The second-order valence-corrected chi connectivity index (χ2v) is 8.77. The standard InChI is InChI=1S/C22H40N6O6/c1-3-13(2)18(22(33)34)28-21(32)16(9-10-17(24)29)27-20(31)15(7-4-5-11-23)26-19(30)14-8-6-12-25-14/h13-16,18,25H,3-12,23H2,1-2H3,(H2,24,29)(H,26,30)(H,27,31)(H,28,32)(H,33,34). The molecule has 0 bridgehead atoms. The molecule has 34 heavy (non-hydrogen) atoms. The molecule has 5 unspecified atom stereocenters. The first-order valence-corrected chi connectivity index (χ1v) is 12.0. The molecule has 0 saturated carbocycles. The second-order valence-electron chi connectivity index (χ2n) is 8.77. The van der Waals surface area contributed by atoms with Crippen LogP contribution in [0.3, 0.4) is 0 Å². The first-order chi connectivity index (χ1) is 16.1. The van der Waals surface area contributed by atoms with Gasteiger partial charge in [0, 0.05) is 6.42 Å². The fourth-order valence-corrected chi connectivity index (χ4v) is 3.71. The third-order valence-electron chi connectivity index (χ3n) is 6.05. The molecule has 194 valence electrons. The fraction of sp³-hybridized carbons (Fsp3) is 0.773. The van der Waals surface area contributed by atoms with E-state index in [-0.39, 0.29) is 30.7 Å². The van der Waals surface area contributed by atoms with Crippen molar-refractivity contribution in [3.05, 3.63) is 0 Å². The van der Waals surface area contributed by atoms with Gasteiger partial charge in [-0.05, 0) is 57.5 Å². The summed E-state index contributed by atoms with van der Waals surface area (Å²) >= 11 is 0. The van der Waals surface area contributed by atoms with Crippen molar-refractivity contribution in [2.45, 2.75) is 89.4 Å². The van der Waals surface area contributed by atoms with Crippen LogP contribution in [0, 0.1) is 5.92 Å². The largest absolute Gasteiger partial charge is 0.480 e. The normalized spacial score (nSPS) is 18.9. The minimum Gasteiger partial charge on any atom is -0.480 e. The summed E-state index contributed by atoms with van der Waals surface area (Å²) in [5.74, 6) is -3.83. The SMILES string of the molecule is CCC(C)C(NC(=O)C(CCC(N)=O)NC(=O)C(CCCCN)NC(=O)C1CCCN1)C(=O)O. The summed E-state index contributed by atoms with van der Waals surface area (Å²) in [4.78, 5) is 61.4. The average molecular weight is 485 g/mol. The molecule has 0 spiro atoms. The number of hydrogen-bond donors (Lipinski definition) is 7. The predicted octanol–water partition coefficient (Wildman–Crippen LogP) is -1.28. The molecule has 5 atom stereocenters. The highest BCUT2D eigenvalue weighted by molar-refractivity contribution is 5.94. The second kappa shape index (κ2) is 15.2. The van der Waals surface area contributed by atoms with Crippen LogP contribution in [0.1, 0.15) is 65.2 Å². The number of primary amides is 1. The molecule has 0 aromatic carbocycles. The first kappa shape index (κ1) is 29.3. The van der Waals surface area contributed by atoms with Gasteiger partial charge in [0.1, 0.15) is 18.1 Å². The van der Waals surface area contributed by atoms with Gasteiger partial charge in [0.15, 0.2) is 0 Å². The zero-order chi connectivity index (χ0) is 25.7. The molecular formula is C22H40N6O6. The third kappa shape index (κ3) is 10.0. The number of aliphatic carboxylic acids is 1. The van der Waals surface area contributed by atoms with E-state index in [4.69, 9.17) is 11.5 Å². The number of unbranched alkanes of at least 4 members (excludes halogenated alkanes) is 1. The molecular weight excluding hydrogens is 444 g/mol. The van der Waals surface area contributed by atoms with Crippen LogP contribution in [0.15, 0.2) is 0 Å². The average Bonchev–Trinajstić information content (AvgIpc) is 3.33. The van der Waals surface area contributed by atoms with Gasteiger partial charge in [-0.15, -0.1) is 0 Å². The number of rotatable bonds is 16. The van der Waals surface area contributed by atoms with E-state index in [0.29, 0.717) is 38.6 Å². The van der Waals surface area contributed by atoms with E-state index in [1.165, 1.54) is 0 Å².